The lowest BCUT2D eigenvalue weighted by Gasteiger charge is -2.54. The summed E-state index contributed by atoms with van der Waals surface area (Å²) in [6.07, 6.45) is 7.48. The topological polar surface area (TPSA) is 126 Å². The van der Waals surface area contributed by atoms with E-state index in [2.05, 4.69) is 29.8 Å². The molecule has 13 heteroatoms. The van der Waals surface area contributed by atoms with Gasteiger partial charge in [-0.2, -0.15) is 0 Å². The Labute approximate surface area is 260 Å². The van der Waals surface area contributed by atoms with Gasteiger partial charge in [-0.3, -0.25) is 4.79 Å². The van der Waals surface area contributed by atoms with Crippen molar-refractivity contribution in [2.75, 3.05) is 50.0 Å². The lowest BCUT2D eigenvalue weighted by molar-refractivity contribution is -0.0299. The molecule has 1 amide bonds. The average Bonchev–Trinajstić information content (AvgIpc) is 2.98. The van der Waals surface area contributed by atoms with Crippen LogP contribution in [0.2, 0.25) is 0 Å². The minimum atomic E-state index is -3.22. The molecule has 3 aliphatic rings. The molecule has 4 heterocycles. The molecule has 2 N–H and O–H groups in total. The number of aromatic nitrogens is 2. The van der Waals surface area contributed by atoms with Gasteiger partial charge in [0.25, 0.3) is 5.91 Å². The summed E-state index contributed by atoms with van der Waals surface area (Å²) in [5.41, 5.74) is 0.945. The van der Waals surface area contributed by atoms with Crippen LogP contribution in [0.1, 0.15) is 69.3 Å². The summed E-state index contributed by atoms with van der Waals surface area (Å²) in [5.74, 6) is 0.634. The van der Waals surface area contributed by atoms with Crippen molar-refractivity contribution in [3.05, 3.63) is 41.6 Å². The number of hydrogen-bond donors (Lipinski definition) is 2. The van der Waals surface area contributed by atoms with E-state index in [1.54, 1.807) is 13.1 Å². The van der Waals surface area contributed by atoms with Crippen LogP contribution in [0.15, 0.2) is 24.7 Å². The minimum Gasteiger partial charge on any atom is -0.451 e. The summed E-state index contributed by atoms with van der Waals surface area (Å²) in [7, 11) is -3.22. The van der Waals surface area contributed by atoms with Gasteiger partial charge >= 0.3 is 0 Å². The number of carbonyl (C=O) groups is 1. The third kappa shape index (κ3) is 7.67. The van der Waals surface area contributed by atoms with Crippen LogP contribution in [-0.2, 0) is 21.2 Å². The molecule has 0 bridgehead atoms. The molecule has 1 aromatic carbocycles. The number of nitrogens with zero attached hydrogens (tertiary/aromatic N) is 4. The summed E-state index contributed by atoms with van der Waals surface area (Å²) in [4.78, 5) is 26.3. The summed E-state index contributed by atoms with van der Waals surface area (Å²) in [5, 5.41) is 2.84. The number of rotatable bonds is 11. The fourth-order valence-corrected chi connectivity index (χ4v) is 7.24. The van der Waals surface area contributed by atoms with Crippen molar-refractivity contribution in [2.24, 2.45) is 5.41 Å². The average molecular weight is 633 g/mol. The molecule has 3 saturated heterocycles. The fourth-order valence-electron chi connectivity index (χ4n) is 6.38. The maximum atomic E-state index is 14.4. The number of hydrogen-bond acceptors (Lipinski definition) is 9. The van der Waals surface area contributed by atoms with Crippen LogP contribution in [0.5, 0.6) is 11.5 Å². The molecule has 0 unspecified atom stereocenters. The lowest BCUT2D eigenvalue weighted by atomic mass is 9.72. The van der Waals surface area contributed by atoms with Gasteiger partial charge in [0.15, 0.2) is 11.6 Å². The van der Waals surface area contributed by atoms with Crippen molar-refractivity contribution in [3.63, 3.8) is 0 Å². The molecule has 5 rings (SSSR count). The van der Waals surface area contributed by atoms with E-state index < -0.39 is 21.7 Å². The smallest absolute Gasteiger partial charge is 0.255 e. The first-order chi connectivity index (χ1) is 21.0. The van der Waals surface area contributed by atoms with E-state index in [9.17, 15) is 17.6 Å². The number of nitrogens with one attached hydrogen (secondary N) is 2. The zero-order valence-corrected chi connectivity index (χ0v) is 27.0. The Kier molecular flexibility index (Phi) is 10.1. The molecule has 1 spiro atoms. The molecule has 2 atom stereocenters. The molecule has 0 saturated carbocycles. The largest absolute Gasteiger partial charge is 0.451 e. The second kappa shape index (κ2) is 13.6. The fraction of sp³-hybridized carbons (Fsp3) is 0.645. The van der Waals surface area contributed by atoms with Crippen molar-refractivity contribution in [3.8, 4) is 11.5 Å². The van der Waals surface area contributed by atoms with Crippen molar-refractivity contribution >= 4 is 21.7 Å². The van der Waals surface area contributed by atoms with E-state index in [1.807, 2.05) is 20.8 Å². The van der Waals surface area contributed by atoms with E-state index in [0.717, 1.165) is 58.4 Å². The normalized spacial score (nSPS) is 22.2. The number of carbonyl (C=O) groups excluding carboxylic acids is 1. The number of anilines is 1. The van der Waals surface area contributed by atoms with Gasteiger partial charge < -0.3 is 24.6 Å². The molecule has 2 aromatic rings. The molecule has 242 valence electrons. The van der Waals surface area contributed by atoms with Crippen LogP contribution in [0.3, 0.4) is 0 Å². The summed E-state index contributed by atoms with van der Waals surface area (Å²) >= 11 is 0. The van der Waals surface area contributed by atoms with Crippen molar-refractivity contribution in [2.45, 2.75) is 78.0 Å². The Morgan fingerprint density at radius 3 is 2.59 bits per heavy atom. The predicted octanol–water partition coefficient (Wildman–Crippen LogP) is 3.50. The van der Waals surface area contributed by atoms with Gasteiger partial charge in [0.05, 0.1) is 30.2 Å². The standard InChI is InChI=1S/C31H45FN6O5S/c1-5-22-13-23(32)14-26(30(39)35-21(3)4)28(22)43-27-15-33-20-34-29(27)38-18-31(19-38)9-11-37(12-10-31)16-25-8-7-24(17-42-25)36-44(40,41)6-2/h13-15,20-21,24-25,36H,5-12,16-19H2,1-4H3,(H,35,39)/t24-,25+/m0/s1. The Hall–Kier alpha value is -2.87. The van der Waals surface area contributed by atoms with Gasteiger partial charge in [0.1, 0.15) is 17.9 Å². The highest BCUT2D eigenvalue weighted by molar-refractivity contribution is 7.89. The molecule has 3 aliphatic heterocycles. The van der Waals surface area contributed by atoms with Crippen LogP contribution in [0, 0.1) is 11.2 Å². The maximum absolute atomic E-state index is 14.4. The van der Waals surface area contributed by atoms with E-state index in [1.165, 1.54) is 18.5 Å². The van der Waals surface area contributed by atoms with Crippen LogP contribution >= 0.6 is 0 Å². The van der Waals surface area contributed by atoms with Crippen molar-refractivity contribution in [1.29, 1.82) is 0 Å². The monoisotopic (exact) mass is 632 g/mol. The molecular weight excluding hydrogens is 587 g/mol. The van der Waals surface area contributed by atoms with E-state index in [-0.39, 0.29) is 34.9 Å². The number of benzene rings is 1. The Morgan fingerprint density at radius 2 is 1.95 bits per heavy atom. The number of halogens is 1. The number of ether oxygens (including phenoxy) is 2. The van der Waals surface area contributed by atoms with E-state index in [4.69, 9.17) is 9.47 Å². The Bertz CT molecular complexity index is 1420. The first-order valence-corrected chi connectivity index (χ1v) is 17.3. The van der Waals surface area contributed by atoms with Gasteiger partial charge in [-0.25, -0.2) is 27.5 Å². The van der Waals surface area contributed by atoms with Crippen LogP contribution in [-0.4, -0.2) is 92.5 Å². The minimum absolute atomic E-state index is 0.0809. The third-order valence-electron chi connectivity index (χ3n) is 8.87. The van der Waals surface area contributed by atoms with Crippen LogP contribution in [0.25, 0.3) is 0 Å². The van der Waals surface area contributed by atoms with Crippen molar-refractivity contribution < 1.29 is 27.1 Å². The number of sulfonamides is 1. The summed E-state index contributed by atoms with van der Waals surface area (Å²) in [6, 6.07) is 2.37. The first-order valence-electron chi connectivity index (χ1n) is 15.7. The van der Waals surface area contributed by atoms with Crippen molar-refractivity contribution in [1.82, 2.24) is 24.9 Å². The molecule has 11 nitrogen and oxygen atoms in total. The maximum Gasteiger partial charge on any atom is 0.255 e. The molecule has 0 radical (unpaired) electrons. The lowest BCUT2D eigenvalue weighted by Crippen LogP contribution is -2.61. The van der Waals surface area contributed by atoms with E-state index >= 15 is 0 Å². The number of likely N-dealkylation sites (tertiary alicyclic amines) is 1. The molecule has 1 aromatic heterocycles. The second-order valence-corrected chi connectivity index (χ2v) is 14.7. The number of aryl methyl sites for hydroxylation is 1. The van der Waals surface area contributed by atoms with Gasteiger partial charge in [0.2, 0.25) is 10.0 Å². The van der Waals surface area contributed by atoms with Crippen LogP contribution < -0.4 is 19.7 Å². The first kappa shape index (κ1) is 32.5. The SMILES string of the molecule is CCc1cc(F)cc(C(=O)NC(C)C)c1Oc1cncnc1N1CC2(CCN(C[C@H]3CC[C@H](NS(=O)(=O)CC)CO3)CC2)C1. The third-order valence-corrected chi connectivity index (χ3v) is 10.3. The van der Waals surface area contributed by atoms with Gasteiger partial charge in [-0.05, 0) is 83.7 Å². The predicted molar refractivity (Wildman–Crippen MR) is 166 cm³/mol. The van der Waals surface area contributed by atoms with Gasteiger partial charge in [-0.1, -0.05) is 6.92 Å². The summed E-state index contributed by atoms with van der Waals surface area (Å²) in [6.45, 7) is 12.2. The quantitative estimate of drug-likeness (QED) is 0.383. The Balaban J connectivity index is 1.17. The summed E-state index contributed by atoms with van der Waals surface area (Å²) < 4.78 is 53.3. The molecule has 0 aliphatic carbocycles. The second-order valence-electron chi connectivity index (χ2n) is 12.6. The molecular formula is C31H45FN6O5S. The zero-order valence-electron chi connectivity index (χ0n) is 26.1. The molecule has 3 fully saturated rings. The van der Waals surface area contributed by atoms with Gasteiger partial charge in [0, 0.05) is 37.1 Å². The zero-order chi connectivity index (χ0) is 31.5. The Morgan fingerprint density at radius 1 is 1.20 bits per heavy atom. The molecule has 44 heavy (non-hydrogen) atoms. The highest BCUT2D eigenvalue weighted by atomic mass is 32.2. The number of piperidine rings is 1. The van der Waals surface area contributed by atoms with E-state index in [0.29, 0.717) is 35.9 Å². The highest BCUT2D eigenvalue weighted by Gasteiger charge is 2.46. The number of amides is 1. The van der Waals surface area contributed by atoms with Gasteiger partial charge in [-0.15, -0.1) is 0 Å². The highest BCUT2D eigenvalue weighted by Crippen LogP contribution is 2.45. The van der Waals surface area contributed by atoms with Crippen LogP contribution in [0.4, 0.5) is 10.2 Å².